The smallest absolute Gasteiger partial charge is 0.225 e. The fourth-order valence-corrected chi connectivity index (χ4v) is 3.23. The van der Waals surface area contributed by atoms with Crippen LogP contribution in [0.3, 0.4) is 0 Å². The number of nitrogens with one attached hydrogen (secondary N) is 1. The lowest BCUT2D eigenvalue weighted by Crippen LogP contribution is -2.43. The third kappa shape index (κ3) is 4.58. The van der Waals surface area contributed by atoms with Crippen molar-refractivity contribution in [1.82, 2.24) is 10.2 Å². The molecule has 3 N–H and O–H groups in total. The van der Waals surface area contributed by atoms with Crippen molar-refractivity contribution in [3.63, 3.8) is 0 Å². The number of amides is 2. The second kappa shape index (κ2) is 7.99. The first-order valence-electron chi connectivity index (χ1n) is 7.81. The molecular formula is C15H28ClN3O2. The average Bonchev–Trinajstić information content (AvgIpc) is 2.81. The number of carbonyl (C=O) groups is 2. The van der Waals surface area contributed by atoms with Gasteiger partial charge in [0, 0.05) is 31.6 Å². The highest BCUT2D eigenvalue weighted by Crippen LogP contribution is 2.31. The Kier molecular flexibility index (Phi) is 6.94. The van der Waals surface area contributed by atoms with Crippen molar-refractivity contribution in [2.45, 2.75) is 58.0 Å². The summed E-state index contributed by atoms with van der Waals surface area (Å²) in [6, 6.07) is 0.325. The Bertz CT molecular complexity index is 370. The number of hydrogen-bond acceptors (Lipinski definition) is 3. The Morgan fingerprint density at radius 2 is 2.00 bits per heavy atom. The second-order valence-corrected chi connectivity index (χ2v) is 6.51. The zero-order chi connectivity index (χ0) is 14.7. The second-order valence-electron chi connectivity index (χ2n) is 6.51. The predicted octanol–water partition coefficient (Wildman–Crippen LogP) is 1.30. The van der Waals surface area contributed by atoms with E-state index in [9.17, 15) is 9.59 Å². The Hall–Kier alpha value is -0.810. The third-order valence-electron chi connectivity index (χ3n) is 4.70. The van der Waals surface area contributed by atoms with Gasteiger partial charge in [-0.3, -0.25) is 9.59 Å². The minimum absolute atomic E-state index is 0. The van der Waals surface area contributed by atoms with Gasteiger partial charge in [0.1, 0.15) is 0 Å². The molecule has 1 saturated heterocycles. The van der Waals surface area contributed by atoms with Crippen LogP contribution in [0.2, 0.25) is 0 Å². The molecule has 0 radical (unpaired) electrons. The van der Waals surface area contributed by atoms with Crippen LogP contribution in [0.15, 0.2) is 0 Å². The van der Waals surface area contributed by atoms with E-state index >= 15 is 0 Å². The maximum atomic E-state index is 12.1. The number of carbonyl (C=O) groups excluding carboxylic acids is 2. The Labute approximate surface area is 133 Å². The number of nitrogens with two attached hydrogens (primary N) is 1. The minimum atomic E-state index is -0.198. The summed E-state index contributed by atoms with van der Waals surface area (Å²) in [7, 11) is 0. The molecule has 1 saturated carbocycles. The zero-order valence-electron chi connectivity index (χ0n) is 13.0. The summed E-state index contributed by atoms with van der Waals surface area (Å²) in [6.07, 6.45) is 4.90. The van der Waals surface area contributed by atoms with Crippen LogP contribution in [0.1, 0.15) is 46.0 Å². The van der Waals surface area contributed by atoms with Crippen LogP contribution < -0.4 is 11.1 Å². The lowest BCUT2D eigenvalue weighted by molar-refractivity contribution is -0.131. The highest BCUT2D eigenvalue weighted by molar-refractivity contribution is 5.89. The van der Waals surface area contributed by atoms with Gasteiger partial charge in [0.15, 0.2) is 0 Å². The molecule has 2 amide bonds. The lowest BCUT2D eigenvalue weighted by Gasteiger charge is -2.33. The summed E-state index contributed by atoms with van der Waals surface area (Å²) in [5.74, 6) is 0.692. The molecule has 5 nitrogen and oxygen atoms in total. The summed E-state index contributed by atoms with van der Waals surface area (Å²) in [5, 5.41) is 2.88. The first-order valence-corrected chi connectivity index (χ1v) is 7.81. The zero-order valence-corrected chi connectivity index (χ0v) is 13.8. The number of hydrogen-bond donors (Lipinski definition) is 2. The van der Waals surface area contributed by atoms with Crippen LogP contribution in [-0.4, -0.2) is 41.9 Å². The molecule has 6 heteroatoms. The van der Waals surface area contributed by atoms with Crippen LogP contribution in [0.5, 0.6) is 0 Å². The largest absolute Gasteiger partial charge is 0.352 e. The number of rotatable bonds is 4. The predicted molar refractivity (Wildman–Crippen MR) is 85.1 cm³/mol. The normalized spacial score (nSPS) is 30.7. The maximum Gasteiger partial charge on any atom is 0.225 e. The molecule has 0 bridgehead atoms. The van der Waals surface area contributed by atoms with E-state index in [4.69, 9.17) is 5.73 Å². The first-order chi connectivity index (χ1) is 9.51. The molecule has 2 atom stereocenters. The van der Waals surface area contributed by atoms with E-state index in [1.807, 2.05) is 11.8 Å². The van der Waals surface area contributed by atoms with Crippen LogP contribution >= 0.6 is 12.4 Å². The SMILES string of the molecule is CC1CCC(N2CC(C(=O)N[C@@H](C)CN)CC2=O)CC1.Cl. The average molecular weight is 318 g/mol. The van der Waals surface area contributed by atoms with Crippen molar-refractivity contribution in [1.29, 1.82) is 0 Å². The van der Waals surface area contributed by atoms with Gasteiger partial charge < -0.3 is 16.0 Å². The number of likely N-dealkylation sites (tertiary alicyclic amines) is 1. The van der Waals surface area contributed by atoms with Crippen molar-refractivity contribution in [2.24, 2.45) is 17.6 Å². The lowest BCUT2D eigenvalue weighted by atomic mass is 9.87. The fraction of sp³-hybridized carbons (Fsp3) is 0.867. The summed E-state index contributed by atoms with van der Waals surface area (Å²) in [6.45, 7) is 5.17. The Morgan fingerprint density at radius 1 is 1.38 bits per heavy atom. The van der Waals surface area contributed by atoms with Crippen LogP contribution in [-0.2, 0) is 9.59 Å². The molecule has 0 aromatic carbocycles. The van der Waals surface area contributed by atoms with E-state index < -0.39 is 0 Å². The van der Waals surface area contributed by atoms with Crippen molar-refractivity contribution in [2.75, 3.05) is 13.1 Å². The molecule has 1 heterocycles. The van der Waals surface area contributed by atoms with Crippen LogP contribution in [0.25, 0.3) is 0 Å². The van der Waals surface area contributed by atoms with Crippen molar-refractivity contribution in [3.8, 4) is 0 Å². The van der Waals surface area contributed by atoms with E-state index in [0.29, 0.717) is 25.6 Å². The van der Waals surface area contributed by atoms with Crippen molar-refractivity contribution in [3.05, 3.63) is 0 Å². The molecule has 0 aromatic rings. The summed E-state index contributed by atoms with van der Waals surface area (Å²) >= 11 is 0. The highest BCUT2D eigenvalue weighted by atomic mass is 35.5. The monoisotopic (exact) mass is 317 g/mol. The summed E-state index contributed by atoms with van der Waals surface area (Å²) < 4.78 is 0. The maximum absolute atomic E-state index is 12.1. The topological polar surface area (TPSA) is 75.4 Å². The Balaban J connectivity index is 0.00000220. The molecular weight excluding hydrogens is 290 g/mol. The van der Waals surface area contributed by atoms with Crippen LogP contribution in [0.4, 0.5) is 0 Å². The Morgan fingerprint density at radius 3 is 2.57 bits per heavy atom. The number of nitrogens with zero attached hydrogens (tertiary/aromatic N) is 1. The van der Waals surface area contributed by atoms with Crippen molar-refractivity contribution >= 4 is 24.2 Å². The summed E-state index contributed by atoms with van der Waals surface area (Å²) in [5.41, 5.74) is 5.51. The molecule has 122 valence electrons. The number of halogens is 1. The van der Waals surface area contributed by atoms with Gasteiger partial charge in [0.25, 0.3) is 0 Å². The summed E-state index contributed by atoms with van der Waals surface area (Å²) in [4.78, 5) is 26.2. The molecule has 21 heavy (non-hydrogen) atoms. The van der Waals surface area contributed by atoms with Gasteiger partial charge in [-0.25, -0.2) is 0 Å². The molecule has 2 aliphatic rings. The fourth-order valence-electron chi connectivity index (χ4n) is 3.23. The molecule has 1 aliphatic carbocycles. The van der Waals surface area contributed by atoms with E-state index in [1.165, 1.54) is 12.8 Å². The molecule has 1 aliphatic heterocycles. The van der Waals surface area contributed by atoms with Gasteiger partial charge in [-0.2, -0.15) is 0 Å². The molecule has 0 spiro atoms. The van der Waals surface area contributed by atoms with Gasteiger partial charge in [-0.1, -0.05) is 6.92 Å². The molecule has 0 aromatic heterocycles. The van der Waals surface area contributed by atoms with Gasteiger partial charge in [0.05, 0.1) is 5.92 Å². The third-order valence-corrected chi connectivity index (χ3v) is 4.70. The van der Waals surface area contributed by atoms with Gasteiger partial charge in [0.2, 0.25) is 11.8 Å². The first kappa shape index (κ1) is 18.2. The molecule has 1 unspecified atom stereocenters. The van der Waals surface area contributed by atoms with E-state index in [-0.39, 0.29) is 36.2 Å². The highest BCUT2D eigenvalue weighted by Gasteiger charge is 2.38. The van der Waals surface area contributed by atoms with Gasteiger partial charge in [-0.05, 0) is 38.5 Å². The van der Waals surface area contributed by atoms with Crippen molar-refractivity contribution < 1.29 is 9.59 Å². The quantitative estimate of drug-likeness (QED) is 0.820. The van der Waals surface area contributed by atoms with Gasteiger partial charge >= 0.3 is 0 Å². The standard InChI is InChI=1S/C15H27N3O2.ClH/c1-10-3-5-13(6-4-10)18-9-12(7-14(18)19)15(20)17-11(2)8-16;/h10-13H,3-9,16H2,1-2H3,(H,17,20);1H/t10?,11-,12?,13?;/m0./s1. The van der Waals surface area contributed by atoms with Crippen LogP contribution in [0, 0.1) is 11.8 Å². The molecule has 2 rings (SSSR count). The van der Waals surface area contributed by atoms with Gasteiger partial charge in [-0.15, -0.1) is 12.4 Å². The minimum Gasteiger partial charge on any atom is -0.352 e. The van der Waals surface area contributed by atoms with E-state index in [0.717, 1.165) is 18.8 Å². The van der Waals surface area contributed by atoms with E-state index in [1.54, 1.807) is 0 Å². The van der Waals surface area contributed by atoms with E-state index in [2.05, 4.69) is 12.2 Å². The molecule has 2 fully saturated rings.